The summed E-state index contributed by atoms with van der Waals surface area (Å²) in [5.41, 5.74) is 3.39. The average molecular weight is 374 g/mol. The van der Waals surface area contributed by atoms with Gasteiger partial charge in [0.1, 0.15) is 10.7 Å². The van der Waals surface area contributed by atoms with E-state index < -0.39 is 9.84 Å². The minimum atomic E-state index is -3.75. The summed E-state index contributed by atoms with van der Waals surface area (Å²) in [6.45, 7) is 1.98. The van der Waals surface area contributed by atoms with E-state index in [1.54, 1.807) is 36.4 Å². The standard InChI is InChI=1S/C22H18N2O2S/c1-16-8-7-9-17(14-16)15-21(27(25,26)18-10-3-2-4-11-18)22-23-19-12-5-6-13-20(19)24-22/h2-15H,1H3,(H,23,24). The molecule has 1 heterocycles. The largest absolute Gasteiger partial charge is 0.337 e. The number of hydrogen-bond acceptors (Lipinski definition) is 3. The number of benzene rings is 3. The third-order valence-electron chi connectivity index (χ3n) is 4.31. The van der Waals surface area contributed by atoms with Gasteiger partial charge in [-0.2, -0.15) is 0 Å². The molecule has 0 saturated heterocycles. The van der Waals surface area contributed by atoms with Crippen LogP contribution < -0.4 is 0 Å². The first kappa shape index (κ1) is 17.2. The lowest BCUT2D eigenvalue weighted by Gasteiger charge is -2.08. The van der Waals surface area contributed by atoms with Gasteiger partial charge < -0.3 is 4.98 Å². The molecule has 0 aliphatic rings. The van der Waals surface area contributed by atoms with Crippen LogP contribution in [0.5, 0.6) is 0 Å². The molecule has 27 heavy (non-hydrogen) atoms. The molecule has 0 aliphatic carbocycles. The predicted octanol–water partition coefficient (Wildman–Crippen LogP) is 4.84. The first-order valence-electron chi connectivity index (χ1n) is 8.58. The van der Waals surface area contributed by atoms with E-state index in [4.69, 9.17) is 0 Å². The van der Waals surface area contributed by atoms with Crippen molar-refractivity contribution in [3.05, 3.63) is 95.8 Å². The Kier molecular flexibility index (Phi) is 4.38. The molecule has 0 fully saturated rings. The van der Waals surface area contributed by atoms with Crippen LogP contribution in [-0.4, -0.2) is 18.4 Å². The SMILES string of the molecule is Cc1cccc(C=C(c2nc3ccccc3[nH]2)S(=O)(=O)c2ccccc2)c1. The van der Waals surface area contributed by atoms with Gasteiger partial charge in [0, 0.05) is 0 Å². The summed E-state index contributed by atoms with van der Waals surface area (Å²) in [4.78, 5) is 8.06. The molecule has 0 saturated carbocycles. The number of rotatable bonds is 4. The monoisotopic (exact) mass is 374 g/mol. The fraction of sp³-hybridized carbons (Fsp3) is 0.0455. The molecule has 0 radical (unpaired) electrons. The van der Waals surface area contributed by atoms with E-state index in [-0.39, 0.29) is 9.80 Å². The van der Waals surface area contributed by atoms with E-state index in [9.17, 15) is 8.42 Å². The molecule has 5 heteroatoms. The second-order valence-corrected chi connectivity index (χ2v) is 8.26. The number of nitrogens with zero attached hydrogens (tertiary/aromatic N) is 1. The summed E-state index contributed by atoms with van der Waals surface area (Å²) in [5.74, 6) is 0.335. The highest BCUT2D eigenvalue weighted by Crippen LogP contribution is 2.29. The quantitative estimate of drug-likeness (QED) is 0.556. The van der Waals surface area contributed by atoms with Crippen molar-refractivity contribution in [2.45, 2.75) is 11.8 Å². The van der Waals surface area contributed by atoms with Gasteiger partial charge in [-0.1, -0.05) is 60.2 Å². The number of sulfone groups is 1. The Bertz CT molecular complexity index is 1210. The van der Waals surface area contributed by atoms with Gasteiger partial charge >= 0.3 is 0 Å². The van der Waals surface area contributed by atoms with E-state index >= 15 is 0 Å². The minimum absolute atomic E-state index is 0.149. The fourth-order valence-corrected chi connectivity index (χ4v) is 4.39. The van der Waals surface area contributed by atoms with Crippen LogP contribution in [0.25, 0.3) is 22.0 Å². The molecule has 1 aromatic heterocycles. The zero-order valence-corrected chi connectivity index (χ0v) is 15.6. The highest BCUT2D eigenvalue weighted by molar-refractivity contribution is 8.00. The molecule has 0 amide bonds. The topological polar surface area (TPSA) is 62.8 Å². The predicted molar refractivity (Wildman–Crippen MR) is 109 cm³/mol. The lowest BCUT2D eigenvalue weighted by Crippen LogP contribution is -2.05. The summed E-state index contributed by atoms with van der Waals surface area (Å²) in [7, 11) is -3.75. The van der Waals surface area contributed by atoms with Crippen molar-refractivity contribution < 1.29 is 8.42 Å². The van der Waals surface area contributed by atoms with E-state index in [1.807, 2.05) is 55.5 Å². The highest BCUT2D eigenvalue weighted by Gasteiger charge is 2.25. The molecule has 4 rings (SSSR count). The van der Waals surface area contributed by atoms with E-state index in [0.717, 1.165) is 22.2 Å². The van der Waals surface area contributed by atoms with E-state index in [1.165, 1.54) is 0 Å². The maximum Gasteiger partial charge on any atom is 0.210 e. The van der Waals surface area contributed by atoms with Crippen LogP contribution in [0, 0.1) is 6.92 Å². The smallest absolute Gasteiger partial charge is 0.210 e. The molecule has 0 atom stereocenters. The van der Waals surface area contributed by atoms with Crippen LogP contribution >= 0.6 is 0 Å². The summed E-state index contributed by atoms with van der Waals surface area (Å²) in [5, 5.41) is 0. The summed E-state index contributed by atoms with van der Waals surface area (Å²) < 4.78 is 26.7. The summed E-state index contributed by atoms with van der Waals surface area (Å²) in [6, 6.07) is 23.7. The van der Waals surface area contributed by atoms with Gasteiger partial charge in [0.2, 0.25) is 9.84 Å². The Morgan fingerprint density at radius 3 is 2.41 bits per heavy atom. The van der Waals surface area contributed by atoms with Crippen molar-refractivity contribution in [2.24, 2.45) is 0 Å². The maximum absolute atomic E-state index is 13.4. The molecule has 0 bridgehead atoms. The highest BCUT2D eigenvalue weighted by atomic mass is 32.2. The fourth-order valence-electron chi connectivity index (χ4n) is 2.98. The number of aromatic amines is 1. The lowest BCUT2D eigenvalue weighted by molar-refractivity contribution is 0.606. The molecule has 0 unspecified atom stereocenters. The van der Waals surface area contributed by atoms with Crippen LogP contribution in [-0.2, 0) is 9.84 Å². The first-order chi connectivity index (χ1) is 13.0. The molecule has 0 aliphatic heterocycles. The van der Waals surface area contributed by atoms with Crippen molar-refractivity contribution in [2.75, 3.05) is 0 Å². The van der Waals surface area contributed by atoms with Gasteiger partial charge in [-0.25, -0.2) is 13.4 Å². The van der Waals surface area contributed by atoms with Gasteiger partial charge in [-0.05, 0) is 42.8 Å². The summed E-state index contributed by atoms with van der Waals surface area (Å²) >= 11 is 0. The van der Waals surface area contributed by atoms with Crippen molar-refractivity contribution in [3.8, 4) is 0 Å². The molecule has 4 aromatic rings. The van der Waals surface area contributed by atoms with Crippen LogP contribution in [0.15, 0.2) is 83.8 Å². The number of H-pyrrole nitrogens is 1. The Labute approximate surface area is 158 Å². The molecular weight excluding hydrogens is 356 g/mol. The number of hydrogen-bond donors (Lipinski definition) is 1. The van der Waals surface area contributed by atoms with Crippen molar-refractivity contribution >= 4 is 31.9 Å². The number of aromatic nitrogens is 2. The zero-order chi connectivity index (χ0) is 18.9. The van der Waals surface area contributed by atoms with Gasteiger partial charge in [0.05, 0.1) is 15.9 Å². The molecule has 134 valence electrons. The second-order valence-electron chi connectivity index (χ2n) is 6.34. The lowest BCUT2D eigenvalue weighted by atomic mass is 10.1. The number of para-hydroxylation sites is 2. The second kappa shape index (κ2) is 6.85. The number of nitrogens with one attached hydrogen (secondary N) is 1. The zero-order valence-electron chi connectivity index (χ0n) is 14.8. The molecule has 4 nitrogen and oxygen atoms in total. The molecule has 3 aromatic carbocycles. The van der Waals surface area contributed by atoms with E-state index in [0.29, 0.717) is 5.82 Å². The number of imidazole rings is 1. The number of fused-ring (bicyclic) bond motifs is 1. The maximum atomic E-state index is 13.4. The third-order valence-corrected chi connectivity index (χ3v) is 6.09. The van der Waals surface area contributed by atoms with Gasteiger partial charge in [-0.3, -0.25) is 0 Å². The normalized spacial score (nSPS) is 12.4. The van der Waals surface area contributed by atoms with Crippen LogP contribution in [0.2, 0.25) is 0 Å². The Morgan fingerprint density at radius 1 is 0.926 bits per heavy atom. The minimum Gasteiger partial charge on any atom is -0.337 e. The van der Waals surface area contributed by atoms with Gasteiger partial charge in [0.25, 0.3) is 0 Å². The van der Waals surface area contributed by atoms with Crippen LogP contribution in [0.4, 0.5) is 0 Å². The Morgan fingerprint density at radius 2 is 1.67 bits per heavy atom. The molecular formula is C22H18N2O2S. The molecule has 0 spiro atoms. The third kappa shape index (κ3) is 3.41. The van der Waals surface area contributed by atoms with Gasteiger partial charge in [-0.15, -0.1) is 0 Å². The first-order valence-corrected chi connectivity index (χ1v) is 10.1. The molecule has 1 N–H and O–H groups in total. The van der Waals surface area contributed by atoms with Crippen molar-refractivity contribution in [1.82, 2.24) is 9.97 Å². The number of aryl methyl sites for hydroxylation is 1. The van der Waals surface area contributed by atoms with E-state index in [2.05, 4.69) is 9.97 Å². The Balaban J connectivity index is 1.95. The Hall–Kier alpha value is -3.18. The van der Waals surface area contributed by atoms with Crippen LogP contribution in [0.1, 0.15) is 17.0 Å². The van der Waals surface area contributed by atoms with Crippen LogP contribution in [0.3, 0.4) is 0 Å². The van der Waals surface area contributed by atoms with Crippen molar-refractivity contribution in [3.63, 3.8) is 0 Å². The average Bonchev–Trinajstić information content (AvgIpc) is 3.10. The van der Waals surface area contributed by atoms with Crippen molar-refractivity contribution in [1.29, 1.82) is 0 Å². The van der Waals surface area contributed by atoms with Gasteiger partial charge in [0.15, 0.2) is 0 Å². The summed E-state index contributed by atoms with van der Waals surface area (Å²) in [6.07, 6.45) is 1.67.